The van der Waals surface area contributed by atoms with Crippen molar-refractivity contribution < 1.29 is 17.9 Å². The van der Waals surface area contributed by atoms with Gasteiger partial charge in [0.2, 0.25) is 0 Å². The standard InChI is InChI=1S/C14H20F3NO/c1-3-5-6-11(4-2)19-13-8-7-10(18)9-12(13)14(15,16)17/h7-9,11H,3-6,18H2,1-2H3. The van der Waals surface area contributed by atoms with Crippen LogP contribution in [0.25, 0.3) is 0 Å². The van der Waals surface area contributed by atoms with Gasteiger partial charge in [0.25, 0.3) is 0 Å². The summed E-state index contributed by atoms with van der Waals surface area (Å²) < 4.78 is 44.2. The highest BCUT2D eigenvalue weighted by Gasteiger charge is 2.35. The van der Waals surface area contributed by atoms with Crippen LogP contribution >= 0.6 is 0 Å². The fraction of sp³-hybridized carbons (Fsp3) is 0.571. The molecule has 19 heavy (non-hydrogen) atoms. The molecule has 0 aliphatic rings. The van der Waals surface area contributed by atoms with Crippen LogP contribution in [0.3, 0.4) is 0 Å². The first-order valence-electron chi connectivity index (χ1n) is 6.51. The monoisotopic (exact) mass is 275 g/mol. The summed E-state index contributed by atoms with van der Waals surface area (Å²) in [5.74, 6) is -0.135. The van der Waals surface area contributed by atoms with Crippen molar-refractivity contribution in [3.63, 3.8) is 0 Å². The zero-order chi connectivity index (χ0) is 14.5. The minimum Gasteiger partial charge on any atom is -0.490 e. The number of ether oxygens (including phenoxy) is 1. The van der Waals surface area contributed by atoms with Crippen molar-refractivity contribution in [3.8, 4) is 5.75 Å². The molecule has 1 atom stereocenters. The van der Waals surface area contributed by atoms with Crippen molar-refractivity contribution in [2.24, 2.45) is 0 Å². The van der Waals surface area contributed by atoms with E-state index in [1.54, 1.807) is 0 Å². The number of nitrogens with two attached hydrogens (primary N) is 1. The van der Waals surface area contributed by atoms with E-state index in [1.165, 1.54) is 12.1 Å². The molecule has 0 bridgehead atoms. The van der Waals surface area contributed by atoms with Gasteiger partial charge in [-0.15, -0.1) is 0 Å². The average molecular weight is 275 g/mol. The Balaban J connectivity index is 2.93. The molecule has 0 spiro atoms. The molecule has 1 aromatic carbocycles. The predicted molar refractivity (Wildman–Crippen MR) is 70.1 cm³/mol. The highest BCUT2D eigenvalue weighted by atomic mass is 19.4. The third-order valence-electron chi connectivity index (χ3n) is 2.94. The Kier molecular flexibility index (Phi) is 5.51. The molecule has 0 saturated carbocycles. The number of halogens is 3. The maximum atomic E-state index is 12.9. The molecule has 0 heterocycles. The van der Waals surface area contributed by atoms with Crippen LogP contribution < -0.4 is 10.5 Å². The lowest BCUT2D eigenvalue weighted by atomic mass is 10.1. The van der Waals surface area contributed by atoms with E-state index in [1.807, 2.05) is 13.8 Å². The highest BCUT2D eigenvalue weighted by Crippen LogP contribution is 2.38. The Morgan fingerprint density at radius 3 is 2.47 bits per heavy atom. The molecular weight excluding hydrogens is 255 g/mol. The number of benzene rings is 1. The van der Waals surface area contributed by atoms with Crippen molar-refractivity contribution in [3.05, 3.63) is 23.8 Å². The molecule has 5 heteroatoms. The number of anilines is 1. The summed E-state index contributed by atoms with van der Waals surface area (Å²) in [4.78, 5) is 0. The second kappa shape index (κ2) is 6.68. The zero-order valence-corrected chi connectivity index (χ0v) is 11.3. The van der Waals surface area contributed by atoms with Crippen LogP contribution in [0.1, 0.15) is 45.1 Å². The maximum Gasteiger partial charge on any atom is 0.420 e. The van der Waals surface area contributed by atoms with Gasteiger partial charge in [0, 0.05) is 5.69 Å². The molecule has 2 N–H and O–H groups in total. The summed E-state index contributed by atoms with van der Waals surface area (Å²) in [6.45, 7) is 3.95. The highest BCUT2D eigenvalue weighted by molar-refractivity contribution is 5.49. The second-order valence-corrected chi connectivity index (χ2v) is 4.54. The zero-order valence-electron chi connectivity index (χ0n) is 11.3. The number of nitrogen functional groups attached to an aromatic ring is 1. The molecular formula is C14H20F3NO. The van der Waals surface area contributed by atoms with Crippen LogP contribution in [0.15, 0.2) is 18.2 Å². The van der Waals surface area contributed by atoms with Crippen LogP contribution in [0.5, 0.6) is 5.75 Å². The smallest absolute Gasteiger partial charge is 0.420 e. The predicted octanol–water partition coefficient (Wildman–Crippen LogP) is 4.64. The first-order valence-corrected chi connectivity index (χ1v) is 6.51. The number of hydrogen-bond donors (Lipinski definition) is 1. The summed E-state index contributed by atoms with van der Waals surface area (Å²) >= 11 is 0. The summed E-state index contributed by atoms with van der Waals surface area (Å²) in [5, 5.41) is 0. The molecule has 108 valence electrons. The van der Waals surface area contributed by atoms with Crippen LogP contribution in [0, 0.1) is 0 Å². The van der Waals surface area contributed by atoms with E-state index in [9.17, 15) is 13.2 Å². The van der Waals surface area contributed by atoms with E-state index in [0.29, 0.717) is 6.42 Å². The average Bonchev–Trinajstić information content (AvgIpc) is 2.34. The summed E-state index contributed by atoms with van der Waals surface area (Å²) in [5.41, 5.74) is 4.69. The van der Waals surface area contributed by atoms with Crippen molar-refractivity contribution in [2.45, 2.75) is 51.8 Å². The van der Waals surface area contributed by atoms with Crippen LogP contribution in [0.4, 0.5) is 18.9 Å². The topological polar surface area (TPSA) is 35.2 Å². The van der Waals surface area contributed by atoms with Crippen molar-refractivity contribution in [1.82, 2.24) is 0 Å². The van der Waals surface area contributed by atoms with E-state index in [-0.39, 0.29) is 17.5 Å². The molecule has 1 aromatic rings. The third-order valence-corrected chi connectivity index (χ3v) is 2.94. The minimum atomic E-state index is -4.45. The number of rotatable bonds is 6. The molecule has 1 unspecified atom stereocenters. The minimum absolute atomic E-state index is 0.0845. The van der Waals surface area contributed by atoms with E-state index >= 15 is 0 Å². The lowest BCUT2D eigenvalue weighted by molar-refractivity contribution is -0.139. The van der Waals surface area contributed by atoms with Gasteiger partial charge in [-0.1, -0.05) is 26.7 Å². The molecule has 0 aromatic heterocycles. The van der Waals surface area contributed by atoms with Crippen LogP contribution in [-0.4, -0.2) is 6.10 Å². The lowest BCUT2D eigenvalue weighted by Gasteiger charge is -2.21. The van der Waals surface area contributed by atoms with Gasteiger partial charge in [-0.05, 0) is 31.0 Å². The van der Waals surface area contributed by atoms with Crippen LogP contribution in [-0.2, 0) is 6.18 Å². The summed E-state index contributed by atoms with van der Waals surface area (Å²) in [6, 6.07) is 3.64. The molecule has 0 fully saturated rings. The van der Waals surface area contributed by atoms with Gasteiger partial charge in [0.1, 0.15) is 5.75 Å². The van der Waals surface area contributed by atoms with Gasteiger partial charge in [-0.25, -0.2) is 0 Å². The largest absolute Gasteiger partial charge is 0.490 e. The van der Waals surface area contributed by atoms with Gasteiger partial charge in [-0.3, -0.25) is 0 Å². The van der Waals surface area contributed by atoms with Crippen molar-refractivity contribution in [1.29, 1.82) is 0 Å². The first kappa shape index (κ1) is 15.7. The lowest BCUT2D eigenvalue weighted by Crippen LogP contribution is -2.18. The normalized spacial score (nSPS) is 13.3. The summed E-state index contributed by atoms with van der Waals surface area (Å²) in [7, 11) is 0. The van der Waals surface area contributed by atoms with E-state index in [2.05, 4.69) is 0 Å². The first-order chi connectivity index (χ1) is 8.88. The Morgan fingerprint density at radius 2 is 1.95 bits per heavy atom. The summed E-state index contributed by atoms with van der Waals surface area (Å²) in [6.07, 6.45) is -1.27. The van der Waals surface area contributed by atoms with Gasteiger partial charge in [-0.2, -0.15) is 13.2 Å². The number of alkyl halides is 3. The number of unbranched alkanes of at least 4 members (excludes halogenated alkanes) is 1. The van der Waals surface area contributed by atoms with Gasteiger partial charge in [0.15, 0.2) is 0 Å². The maximum absolute atomic E-state index is 12.9. The third kappa shape index (κ3) is 4.65. The number of hydrogen-bond acceptors (Lipinski definition) is 2. The Hall–Kier alpha value is -1.39. The molecule has 2 nitrogen and oxygen atoms in total. The molecule has 0 radical (unpaired) electrons. The fourth-order valence-electron chi connectivity index (χ4n) is 1.83. The Labute approximate surface area is 111 Å². The van der Waals surface area contributed by atoms with Gasteiger partial charge in [0.05, 0.1) is 11.7 Å². The molecule has 0 aliphatic heterocycles. The van der Waals surface area contributed by atoms with Gasteiger partial charge >= 0.3 is 6.18 Å². The molecule has 0 aliphatic carbocycles. The Morgan fingerprint density at radius 1 is 1.26 bits per heavy atom. The Bertz CT molecular complexity index is 404. The van der Waals surface area contributed by atoms with E-state index in [0.717, 1.165) is 25.3 Å². The molecule has 0 saturated heterocycles. The second-order valence-electron chi connectivity index (χ2n) is 4.54. The SMILES string of the molecule is CCCCC(CC)Oc1ccc(N)cc1C(F)(F)F. The van der Waals surface area contributed by atoms with Crippen LogP contribution in [0.2, 0.25) is 0 Å². The van der Waals surface area contributed by atoms with Crippen molar-refractivity contribution >= 4 is 5.69 Å². The fourth-order valence-corrected chi connectivity index (χ4v) is 1.83. The van der Waals surface area contributed by atoms with E-state index in [4.69, 9.17) is 10.5 Å². The molecule has 1 rings (SSSR count). The van der Waals surface area contributed by atoms with Gasteiger partial charge < -0.3 is 10.5 Å². The van der Waals surface area contributed by atoms with E-state index < -0.39 is 11.7 Å². The quantitative estimate of drug-likeness (QED) is 0.768. The molecule has 0 amide bonds. The van der Waals surface area contributed by atoms with Crippen molar-refractivity contribution in [2.75, 3.05) is 5.73 Å².